The molecule has 0 atom stereocenters. The van der Waals surface area contributed by atoms with Crippen LogP contribution in [-0.2, 0) is 0 Å². The van der Waals surface area contributed by atoms with Gasteiger partial charge in [-0.1, -0.05) is 61.4 Å². The number of Topliss-reactive ketones (excluding diaryl/α,β-unsaturated/α-hetero) is 1. The van der Waals surface area contributed by atoms with Gasteiger partial charge >= 0.3 is 0 Å². The van der Waals surface area contributed by atoms with E-state index in [1.807, 2.05) is 31.2 Å². The summed E-state index contributed by atoms with van der Waals surface area (Å²) in [7, 11) is 0. The molecule has 1 aromatic heterocycles. The van der Waals surface area contributed by atoms with Crippen LogP contribution < -0.4 is 5.32 Å². The number of thioether (sulfide) groups is 1. The molecule has 1 aromatic carbocycles. The van der Waals surface area contributed by atoms with Crippen LogP contribution in [0.25, 0.3) is 10.9 Å². The number of H-pyrrole nitrogens is 1. The molecule has 0 spiro atoms. The van der Waals surface area contributed by atoms with Crippen molar-refractivity contribution >= 4 is 45.0 Å². The number of aromatic nitrogens is 1. The first kappa shape index (κ1) is 17.5. The monoisotopic (exact) mass is 360 g/mol. The largest absolute Gasteiger partial charge is 0.371 e. The smallest absolute Gasteiger partial charge is 0.175 e. The second-order valence-electron chi connectivity index (χ2n) is 6.55. The van der Waals surface area contributed by atoms with Gasteiger partial charge in [-0.3, -0.25) is 4.79 Å². The van der Waals surface area contributed by atoms with E-state index in [2.05, 4.69) is 10.3 Å². The average molecular weight is 361 g/mol. The summed E-state index contributed by atoms with van der Waals surface area (Å²) in [6, 6.07) is 7.94. The maximum absolute atomic E-state index is 12.6. The lowest BCUT2D eigenvalue weighted by atomic mass is 9.89. The summed E-state index contributed by atoms with van der Waals surface area (Å²) >= 11 is 6.84. The number of fused-ring (bicyclic) bond motifs is 1. The van der Waals surface area contributed by atoms with Crippen molar-refractivity contribution in [1.29, 1.82) is 0 Å². The van der Waals surface area contributed by atoms with Gasteiger partial charge in [-0.15, -0.1) is 0 Å². The lowest BCUT2D eigenvalue weighted by Gasteiger charge is -2.22. The topological polar surface area (TPSA) is 44.9 Å². The van der Waals surface area contributed by atoms with E-state index in [1.165, 1.54) is 43.9 Å². The molecule has 5 heteroatoms. The normalized spacial score (nSPS) is 15.5. The van der Waals surface area contributed by atoms with Crippen molar-refractivity contribution in [3.05, 3.63) is 35.5 Å². The van der Waals surface area contributed by atoms with E-state index in [-0.39, 0.29) is 5.78 Å². The number of hydrogen-bond donors (Lipinski definition) is 2. The van der Waals surface area contributed by atoms with Crippen molar-refractivity contribution in [2.45, 2.75) is 39.0 Å². The van der Waals surface area contributed by atoms with Crippen LogP contribution in [0.4, 0.5) is 0 Å². The summed E-state index contributed by atoms with van der Waals surface area (Å²) in [5.74, 6) is 1.26. The summed E-state index contributed by atoms with van der Waals surface area (Å²) in [6.07, 6.45) is 6.64. The molecular weight excluding hydrogens is 336 g/mol. The highest BCUT2D eigenvalue weighted by Crippen LogP contribution is 2.24. The Morgan fingerprint density at radius 2 is 2.04 bits per heavy atom. The van der Waals surface area contributed by atoms with Crippen LogP contribution in [0.15, 0.2) is 24.3 Å². The molecule has 1 aliphatic carbocycles. The third-order valence-corrected chi connectivity index (χ3v) is 6.08. The highest BCUT2D eigenvalue weighted by atomic mass is 32.2. The second kappa shape index (κ2) is 8.17. The number of carbonyl (C=O) groups excluding carboxylic acids is 1. The van der Waals surface area contributed by atoms with Gasteiger partial charge in [-0.25, -0.2) is 0 Å². The van der Waals surface area contributed by atoms with E-state index in [9.17, 15) is 4.79 Å². The summed E-state index contributed by atoms with van der Waals surface area (Å²) in [5.41, 5.74) is 2.75. The predicted molar refractivity (Wildman–Crippen MR) is 107 cm³/mol. The number of aryl methyl sites for hydroxylation is 1. The van der Waals surface area contributed by atoms with Gasteiger partial charge in [0.2, 0.25) is 0 Å². The quantitative estimate of drug-likeness (QED) is 0.591. The fourth-order valence-electron chi connectivity index (χ4n) is 3.51. The maximum Gasteiger partial charge on any atom is 0.175 e. The summed E-state index contributed by atoms with van der Waals surface area (Å²) in [4.78, 5) is 15.9. The minimum atomic E-state index is 0.136. The molecule has 0 unspecified atom stereocenters. The lowest BCUT2D eigenvalue weighted by Crippen LogP contribution is -2.27. The zero-order valence-corrected chi connectivity index (χ0v) is 15.7. The Kier molecular flexibility index (Phi) is 5.95. The summed E-state index contributed by atoms with van der Waals surface area (Å²) in [5, 5.41) is 4.34. The molecule has 1 aliphatic rings. The third-order valence-electron chi connectivity index (χ3n) is 4.77. The van der Waals surface area contributed by atoms with E-state index in [0.29, 0.717) is 5.75 Å². The number of para-hydroxylation sites is 1. The molecule has 0 radical (unpaired) electrons. The van der Waals surface area contributed by atoms with Crippen LogP contribution in [-0.4, -0.2) is 27.4 Å². The second-order valence-corrected chi connectivity index (χ2v) is 8.21. The van der Waals surface area contributed by atoms with Crippen molar-refractivity contribution in [2.75, 3.05) is 12.3 Å². The number of ketones is 1. The Bertz CT molecular complexity index is 732. The minimum absolute atomic E-state index is 0.136. The first-order valence-corrected chi connectivity index (χ1v) is 10.1. The van der Waals surface area contributed by atoms with Crippen molar-refractivity contribution < 1.29 is 4.79 Å². The van der Waals surface area contributed by atoms with Crippen LogP contribution in [0.1, 0.15) is 48.2 Å². The van der Waals surface area contributed by atoms with Gasteiger partial charge in [0.05, 0.1) is 5.75 Å². The molecule has 3 nitrogen and oxygen atoms in total. The van der Waals surface area contributed by atoms with Gasteiger partial charge < -0.3 is 10.3 Å². The number of rotatable bonds is 5. The zero-order chi connectivity index (χ0) is 16.9. The Labute approximate surface area is 153 Å². The van der Waals surface area contributed by atoms with E-state index in [0.717, 1.165) is 38.9 Å². The molecule has 24 heavy (non-hydrogen) atoms. The number of nitrogens with one attached hydrogen (secondary N) is 2. The lowest BCUT2D eigenvalue weighted by molar-refractivity contribution is 0.102. The number of aromatic amines is 1. The molecule has 0 saturated heterocycles. The highest BCUT2D eigenvalue weighted by molar-refractivity contribution is 8.23. The molecule has 2 aromatic rings. The molecule has 1 fully saturated rings. The molecule has 1 saturated carbocycles. The first-order valence-electron chi connectivity index (χ1n) is 8.66. The Hall–Kier alpha value is -1.33. The molecule has 2 N–H and O–H groups in total. The van der Waals surface area contributed by atoms with Gasteiger partial charge in [0, 0.05) is 28.7 Å². The first-order chi connectivity index (χ1) is 11.6. The highest BCUT2D eigenvalue weighted by Gasteiger charge is 2.17. The van der Waals surface area contributed by atoms with Crippen molar-refractivity contribution in [3.8, 4) is 0 Å². The van der Waals surface area contributed by atoms with Gasteiger partial charge in [-0.05, 0) is 31.7 Å². The number of hydrogen-bond acceptors (Lipinski definition) is 3. The molecular formula is C19H24N2OS2. The van der Waals surface area contributed by atoms with Crippen LogP contribution in [0.3, 0.4) is 0 Å². The van der Waals surface area contributed by atoms with Crippen molar-refractivity contribution in [3.63, 3.8) is 0 Å². The Morgan fingerprint density at radius 3 is 2.83 bits per heavy atom. The minimum Gasteiger partial charge on any atom is -0.371 e. The molecule has 128 valence electrons. The van der Waals surface area contributed by atoms with Gasteiger partial charge in [-0.2, -0.15) is 0 Å². The number of thiocarbonyl (C=S) groups is 1. The van der Waals surface area contributed by atoms with Gasteiger partial charge in [0.15, 0.2) is 5.78 Å². The Morgan fingerprint density at radius 1 is 1.29 bits per heavy atom. The fraction of sp³-hybridized carbons (Fsp3) is 0.474. The summed E-state index contributed by atoms with van der Waals surface area (Å²) in [6.45, 7) is 2.91. The SMILES string of the molecule is Cc1[nH]c2ccccc2c1C(=O)CSC(=S)NCC1CCCCC1. The van der Waals surface area contributed by atoms with Crippen LogP contribution in [0.5, 0.6) is 0 Å². The van der Waals surface area contributed by atoms with E-state index < -0.39 is 0 Å². The fourth-order valence-corrected chi connectivity index (χ4v) is 4.36. The van der Waals surface area contributed by atoms with Crippen molar-refractivity contribution in [2.24, 2.45) is 5.92 Å². The molecule has 3 rings (SSSR count). The Balaban J connectivity index is 1.53. The molecule has 1 heterocycles. The standard InChI is InChI=1S/C19H24N2OS2/c1-13-18(15-9-5-6-10-16(15)21-13)17(22)12-24-19(23)20-11-14-7-3-2-4-8-14/h5-6,9-10,14,21H,2-4,7-8,11-12H2,1H3,(H,20,23). The molecule has 0 amide bonds. The molecule has 0 bridgehead atoms. The summed E-state index contributed by atoms with van der Waals surface area (Å²) < 4.78 is 0.742. The van der Waals surface area contributed by atoms with Crippen molar-refractivity contribution in [1.82, 2.24) is 10.3 Å². The number of benzene rings is 1. The van der Waals surface area contributed by atoms with Crippen LogP contribution in [0.2, 0.25) is 0 Å². The van der Waals surface area contributed by atoms with Crippen LogP contribution in [0, 0.1) is 12.8 Å². The van der Waals surface area contributed by atoms with E-state index >= 15 is 0 Å². The predicted octanol–water partition coefficient (Wildman–Crippen LogP) is 4.85. The number of carbonyl (C=O) groups is 1. The van der Waals surface area contributed by atoms with E-state index in [1.54, 1.807) is 0 Å². The molecule has 0 aliphatic heterocycles. The zero-order valence-electron chi connectivity index (χ0n) is 14.1. The van der Waals surface area contributed by atoms with E-state index in [4.69, 9.17) is 12.2 Å². The van der Waals surface area contributed by atoms with Crippen LogP contribution >= 0.6 is 24.0 Å². The van der Waals surface area contributed by atoms with Gasteiger partial charge in [0.25, 0.3) is 0 Å². The maximum atomic E-state index is 12.6. The third kappa shape index (κ3) is 4.19. The van der Waals surface area contributed by atoms with Gasteiger partial charge in [0.1, 0.15) is 4.32 Å². The average Bonchev–Trinajstić information content (AvgIpc) is 2.94.